The average Bonchev–Trinajstić information content (AvgIpc) is 2.47. The van der Waals surface area contributed by atoms with Gasteiger partial charge in [0.05, 0.1) is 0 Å². The second kappa shape index (κ2) is 4.13. The van der Waals surface area contributed by atoms with Gasteiger partial charge >= 0.3 is 0 Å². The molecule has 0 bridgehead atoms. The normalized spacial score (nSPS) is 15.2. The van der Waals surface area contributed by atoms with Crippen molar-refractivity contribution in [3.05, 3.63) is 29.3 Å². The summed E-state index contributed by atoms with van der Waals surface area (Å²) in [6, 6.07) is 5.42. The molecule has 0 spiro atoms. The van der Waals surface area contributed by atoms with Crippen LogP contribution in [0.2, 0.25) is 0 Å². The first-order chi connectivity index (χ1) is 6.97. The number of carbonyl (C=O) groups excluding carboxylic acids is 1. The number of hydrogen-bond donors (Lipinski definition) is 2. The van der Waals surface area contributed by atoms with Gasteiger partial charge in [-0.2, -0.15) is 0 Å². The molecule has 0 N–H and O–H groups in total. The first kappa shape index (κ1) is 11.5. The van der Waals surface area contributed by atoms with Crippen molar-refractivity contribution in [2.45, 2.75) is 12.8 Å². The fourth-order valence-corrected chi connectivity index (χ4v) is 2.87. The van der Waals surface area contributed by atoms with Crippen molar-refractivity contribution in [3.8, 4) is 5.75 Å². The predicted molar refractivity (Wildman–Crippen MR) is 72.0 cm³/mol. The van der Waals surface area contributed by atoms with Gasteiger partial charge in [0.1, 0.15) is 5.75 Å². The lowest BCUT2D eigenvalue weighted by Crippen LogP contribution is -1.92. The van der Waals surface area contributed by atoms with Gasteiger partial charge in [0.25, 0.3) is 0 Å². The Hall–Kier alpha value is 0.0400. The summed E-state index contributed by atoms with van der Waals surface area (Å²) in [5.41, 5.74) is 1.69. The molecule has 0 heterocycles. The minimum absolute atomic E-state index is 0.169. The molecule has 0 unspecified atom stereocenters. The Morgan fingerprint density at radius 1 is 1.33 bits per heavy atom. The van der Waals surface area contributed by atoms with E-state index in [2.05, 4.69) is 24.5 Å². The van der Waals surface area contributed by atoms with Crippen molar-refractivity contribution in [1.82, 2.24) is 0 Å². The Kier molecular flexibility index (Phi) is 3.17. The van der Waals surface area contributed by atoms with Crippen LogP contribution in [-0.2, 0) is 18.2 Å². The smallest absolute Gasteiger partial charge is 0.216 e. The molecule has 1 aliphatic rings. The molecule has 0 amide bonds. The van der Waals surface area contributed by atoms with Crippen LogP contribution in [-0.4, -0.2) is 5.78 Å². The van der Waals surface area contributed by atoms with Crippen molar-refractivity contribution in [2.75, 3.05) is 0 Å². The lowest BCUT2D eigenvalue weighted by molar-refractivity contribution is 0.0994. The number of carbonyl (C=O) groups is 1. The molecular weight excluding hydrogens is 267 g/mol. The van der Waals surface area contributed by atoms with E-state index in [9.17, 15) is 4.79 Å². The largest absolute Gasteiger partial charge is 0.448 e. The minimum Gasteiger partial charge on any atom is -0.448 e. The SMILES string of the molecule is O=C1CCc2c(OP(=S)(S)S)cccc21. The molecule has 6 heteroatoms. The zero-order valence-electron chi connectivity index (χ0n) is 7.71. The van der Waals surface area contributed by atoms with Gasteiger partial charge in [-0.1, -0.05) is 36.6 Å². The summed E-state index contributed by atoms with van der Waals surface area (Å²) in [7, 11) is 0. The number of Topliss-reactive ketones (excluding diaryl/α,β-unsaturated/α-hetero) is 1. The van der Waals surface area contributed by atoms with Crippen molar-refractivity contribution in [3.63, 3.8) is 0 Å². The average molecular weight is 276 g/mol. The number of rotatable bonds is 2. The maximum atomic E-state index is 11.5. The Balaban J connectivity index is 2.43. The zero-order chi connectivity index (χ0) is 11.1. The lowest BCUT2D eigenvalue weighted by atomic mass is 10.1. The van der Waals surface area contributed by atoms with E-state index in [4.69, 9.17) is 16.3 Å². The van der Waals surface area contributed by atoms with Crippen molar-refractivity contribution >= 4 is 46.8 Å². The molecule has 0 saturated carbocycles. The molecule has 2 rings (SSSR count). The van der Waals surface area contributed by atoms with Gasteiger partial charge in [-0.05, 0) is 24.3 Å². The van der Waals surface area contributed by atoms with Gasteiger partial charge in [0, 0.05) is 17.5 Å². The second-order valence-corrected chi connectivity index (χ2v) is 11.9. The summed E-state index contributed by atoms with van der Waals surface area (Å²) < 4.78 is 3.17. The zero-order valence-corrected chi connectivity index (χ0v) is 11.2. The molecule has 0 radical (unpaired) electrons. The monoisotopic (exact) mass is 276 g/mol. The summed E-state index contributed by atoms with van der Waals surface area (Å²) in [5.74, 6) is 0.828. The van der Waals surface area contributed by atoms with E-state index in [1.807, 2.05) is 12.1 Å². The third-order valence-corrected chi connectivity index (χ3v) is 3.40. The van der Waals surface area contributed by atoms with Crippen LogP contribution in [0, 0.1) is 0 Å². The van der Waals surface area contributed by atoms with E-state index < -0.39 is 4.67 Å². The van der Waals surface area contributed by atoms with Crippen LogP contribution in [0.3, 0.4) is 0 Å². The molecule has 0 atom stereocenters. The summed E-state index contributed by atoms with van der Waals surface area (Å²) in [5, 5.41) is 0. The molecule has 0 saturated heterocycles. The Labute approximate surface area is 104 Å². The molecule has 1 aromatic rings. The molecular formula is C9H9O2PS3. The van der Waals surface area contributed by atoms with E-state index in [0.29, 0.717) is 12.2 Å². The number of ketones is 1. The van der Waals surface area contributed by atoms with Crippen LogP contribution < -0.4 is 4.52 Å². The van der Waals surface area contributed by atoms with E-state index in [1.165, 1.54) is 0 Å². The highest BCUT2D eigenvalue weighted by atomic mass is 33.2. The van der Waals surface area contributed by atoms with E-state index >= 15 is 0 Å². The Bertz CT molecular complexity index is 466. The van der Waals surface area contributed by atoms with Gasteiger partial charge in [0.15, 0.2) is 5.78 Å². The highest BCUT2D eigenvalue weighted by molar-refractivity contribution is 8.90. The molecule has 0 aromatic heterocycles. The van der Waals surface area contributed by atoms with Crippen LogP contribution in [0.25, 0.3) is 0 Å². The van der Waals surface area contributed by atoms with Crippen LogP contribution in [0.4, 0.5) is 0 Å². The van der Waals surface area contributed by atoms with Gasteiger partial charge in [-0.15, -0.1) is 0 Å². The maximum absolute atomic E-state index is 11.5. The standard InChI is InChI=1S/C9H9O2PS3/c10-8-5-4-7-6(8)2-1-3-9(7)11-12(13,14)15/h1-3H,4-5H2,(H2,13,14,15). The van der Waals surface area contributed by atoms with E-state index in [0.717, 1.165) is 17.5 Å². The van der Waals surface area contributed by atoms with E-state index in [1.54, 1.807) is 6.07 Å². The van der Waals surface area contributed by atoms with Gasteiger partial charge in [-0.3, -0.25) is 4.79 Å². The topological polar surface area (TPSA) is 26.3 Å². The maximum Gasteiger partial charge on any atom is 0.216 e. The molecule has 2 nitrogen and oxygen atoms in total. The quantitative estimate of drug-likeness (QED) is 0.641. The Morgan fingerprint density at radius 2 is 2.07 bits per heavy atom. The first-order valence-electron chi connectivity index (χ1n) is 4.37. The van der Waals surface area contributed by atoms with Crippen LogP contribution >= 0.6 is 29.2 Å². The van der Waals surface area contributed by atoms with Gasteiger partial charge in [0.2, 0.25) is 4.67 Å². The van der Waals surface area contributed by atoms with Crippen molar-refractivity contribution < 1.29 is 9.32 Å². The first-order valence-corrected chi connectivity index (χ1v) is 9.40. The molecule has 15 heavy (non-hydrogen) atoms. The fraction of sp³-hybridized carbons (Fsp3) is 0.222. The Morgan fingerprint density at radius 3 is 2.73 bits per heavy atom. The summed E-state index contributed by atoms with van der Waals surface area (Å²) in [4.78, 5) is 11.5. The molecule has 1 aromatic carbocycles. The lowest BCUT2D eigenvalue weighted by Gasteiger charge is -2.14. The number of hydrogen-bond acceptors (Lipinski definition) is 3. The minimum atomic E-state index is -2.33. The summed E-state index contributed by atoms with van der Waals surface area (Å²) in [6.07, 6.45) is 1.28. The van der Waals surface area contributed by atoms with Crippen LogP contribution in [0.1, 0.15) is 22.3 Å². The third kappa shape index (κ3) is 2.59. The summed E-state index contributed by atoms with van der Waals surface area (Å²) in [6.45, 7) is 0. The van der Waals surface area contributed by atoms with E-state index in [-0.39, 0.29) is 5.78 Å². The molecule has 80 valence electrons. The van der Waals surface area contributed by atoms with Crippen LogP contribution in [0.5, 0.6) is 5.75 Å². The van der Waals surface area contributed by atoms with Crippen LogP contribution in [0.15, 0.2) is 18.2 Å². The van der Waals surface area contributed by atoms with Crippen molar-refractivity contribution in [1.29, 1.82) is 0 Å². The number of benzene rings is 1. The highest BCUT2D eigenvalue weighted by Gasteiger charge is 2.23. The third-order valence-electron chi connectivity index (χ3n) is 2.25. The summed E-state index contributed by atoms with van der Waals surface area (Å²) >= 11 is 13.2. The molecule has 1 aliphatic carbocycles. The number of fused-ring (bicyclic) bond motifs is 1. The molecule has 0 fully saturated rings. The second-order valence-electron chi connectivity index (χ2n) is 3.29. The van der Waals surface area contributed by atoms with Gasteiger partial charge in [-0.25, -0.2) is 0 Å². The highest BCUT2D eigenvalue weighted by Crippen LogP contribution is 2.57. The molecule has 0 aliphatic heterocycles. The van der Waals surface area contributed by atoms with Crippen molar-refractivity contribution in [2.24, 2.45) is 0 Å². The number of thiol groups is 2. The fourth-order valence-electron chi connectivity index (χ4n) is 1.67. The predicted octanol–water partition coefficient (Wildman–Crippen LogP) is 3.28. The van der Waals surface area contributed by atoms with Gasteiger partial charge < -0.3 is 4.52 Å².